The van der Waals surface area contributed by atoms with Gasteiger partial charge in [0.2, 0.25) is 15.9 Å². The van der Waals surface area contributed by atoms with E-state index in [1.807, 2.05) is 32.2 Å². The van der Waals surface area contributed by atoms with E-state index < -0.39 is 20.9 Å². The monoisotopic (exact) mass is 546 g/mol. The lowest BCUT2D eigenvalue weighted by molar-refractivity contribution is -0.132. The summed E-state index contributed by atoms with van der Waals surface area (Å²) in [6.45, 7) is 9.83. The number of hydrogen-bond acceptors (Lipinski definition) is 5. The molecule has 2 bridgehead atoms. The molecule has 0 spiro atoms. The fourth-order valence-electron chi connectivity index (χ4n) is 5.96. The third-order valence-corrected chi connectivity index (χ3v) is 11.5. The number of amides is 1. The van der Waals surface area contributed by atoms with Crippen LogP contribution in [0, 0.1) is 29.5 Å². The van der Waals surface area contributed by atoms with E-state index in [9.17, 15) is 22.4 Å². The van der Waals surface area contributed by atoms with E-state index >= 15 is 0 Å². The standard InChI is InChI=1S/C28H35FN2O4S2/c1-5-13-31(37(34,35)19-28-12-10-22(15-25(28)32)27(28,3)4)18-26(33)30(17-24-20(2)11-14-36-24)16-21-6-8-23(29)9-7-21/h5-9,11,14,22H,1,10,12-13,15-19H2,2-4H3. The smallest absolute Gasteiger partial charge is 0.238 e. The van der Waals surface area contributed by atoms with Crippen LogP contribution < -0.4 is 0 Å². The van der Waals surface area contributed by atoms with Crippen LogP contribution in [0.1, 0.15) is 49.1 Å². The van der Waals surface area contributed by atoms with Gasteiger partial charge in [0.25, 0.3) is 0 Å². The number of sulfonamides is 1. The van der Waals surface area contributed by atoms with Crippen LogP contribution in [-0.2, 0) is 32.7 Å². The molecule has 0 radical (unpaired) electrons. The number of nitrogens with zero attached hydrogens (tertiary/aromatic N) is 2. The molecule has 1 amide bonds. The Hall–Kier alpha value is -2.36. The molecule has 2 atom stereocenters. The minimum atomic E-state index is -3.95. The second-order valence-electron chi connectivity index (χ2n) is 10.9. The molecule has 1 heterocycles. The van der Waals surface area contributed by atoms with Crippen molar-refractivity contribution in [2.75, 3.05) is 18.8 Å². The first kappa shape index (κ1) is 27.7. The van der Waals surface area contributed by atoms with Crippen LogP contribution in [0.3, 0.4) is 0 Å². The van der Waals surface area contributed by atoms with Crippen molar-refractivity contribution in [3.8, 4) is 0 Å². The zero-order valence-electron chi connectivity index (χ0n) is 21.7. The predicted molar refractivity (Wildman–Crippen MR) is 144 cm³/mol. The molecule has 9 heteroatoms. The van der Waals surface area contributed by atoms with Gasteiger partial charge in [-0.1, -0.05) is 32.1 Å². The zero-order chi connectivity index (χ0) is 27.0. The molecule has 2 unspecified atom stereocenters. The zero-order valence-corrected chi connectivity index (χ0v) is 23.3. The fraction of sp³-hybridized carbons (Fsp3) is 0.500. The molecule has 2 saturated carbocycles. The topological polar surface area (TPSA) is 74.8 Å². The molecule has 4 rings (SSSR count). The van der Waals surface area contributed by atoms with Crippen molar-refractivity contribution in [2.24, 2.45) is 16.7 Å². The molecule has 0 aliphatic heterocycles. The van der Waals surface area contributed by atoms with Crippen LogP contribution in [0.5, 0.6) is 0 Å². The molecule has 200 valence electrons. The van der Waals surface area contributed by atoms with Gasteiger partial charge in [-0.25, -0.2) is 12.8 Å². The first-order valence-corrected chi connectivity index (χ1v) is 15.1. The molecule has 0 N–H and O–H groups in total. The molecule has 0 saturated heterocycles. The van der Waals surface area contributed by atoms with Gasteiger partial charge in [0.15, 0.2) is 0 Å². The van der Waals surface area contributed by atoms with Crippen LogP contribution in [0.4, 0.5) is 4.39 Å². The average Bonchev–Trinajstić information content (AvgIpc) is 3.40. The van der Waals surface area contributed by atoms with Crippen molar-refractivity contribution in [3.05, 3.63) is 70.2 Å². The van der Waals surface area contributed by atoms with Crippen molar-refractivity contribution in [2.45, 2.75) is 53.1 Å². The number of carbonyl (C=O) groups is 2. The van der Waals surface area contributed by atoms with Crippen LogP contribution in [0.2, 0.25) is 0 Å². The highest BCUT2D eigenvalue weighted by Gasteiger charge is 2.65. The lowest BCUT2D eigenvalue weighted by Gasteiger charge is -2.37. The van der Waals surface area contributed by atoms with Crippen LogP contribution >= 0.6 is 11.3 Å². The van der Waals surface area contributed by atoms with Crippen molar-refractivity contribution in [1.82, 2.24) is 9.21 Å². The van der Waals surface area contributed by atoms with E-state index in [1.165, 1.54) is 29.5 Å². The maximum atomic E-state index is 13.7. The van der Waals surface area contributed by atoms with Gasteiger partial charge in [0.05, 0.1) is 18.8 Å². The minimum absolute atomic E-state index is 0.0216. The second kappa shape index (κ2) is 10.4. The summed E-state index contributed by atoms with van der Waals surface area (Å²) < 4.78 is 42.1. The van der Waals surface area contributed by atoms with Gasteiger partial charge >= 0.3 is 0 Å². The first-order valence-electron chi connectivity index (χ1n) is 12.6. The van der Waals surface area contributed by atoms with E-state index in [4.69, 9.17) is 0 Å². The van der Waals surface area contributed by atoms with Crippen molar-refractivity contribution in [3.63, 3.8) is 0 Å². The Kier molecular flexibility index (Phi) is 7.79. The summed E-state index contributed by atoms with van der Waals surface area (Å²) in [6, 6.07) is 7.91. The number of hydrogen-bond donors (Lipinski definition) is 0. The van der Waals surface area contributed by atoms with Crippen LogP contribution in [0.25, 0.3) is 0 Å². The lowest BCUT2D eigenvalue weighted by Crippen LogP contribution is -2.49. The Morgan fingerprint density at radius 3 is 2.46 bits per heavy atom. The van der Waals surface area contributed by atoms with Gasteiger partial charge in [-0.15, -0.1) is 17.9 Å². The van der Waals surface area contributed by atoms with E-state index in [-0.39, 0.29) is 48.8 Å². The minimum Gasteiger partial charge on any atom is -0.332 e. The van der Waals surface area contributed by atoms with Crippen molar-refractivity contribution in [1.29, 1.82) is 0 Å². The Bertz CT molecular complexity index is 1290. The summed E-state index contributed by atoms with van der Waals surface area (Å²) in [5.41, 5.74) is 0.485. The summed E-state index contributed by atoms with van der Waals surface area (Å²) >= 11 is 1.53. The Morgan fingerprint density at radius 2 is 1.92 bits per heavy atom. The molecule has 1 aromatic heterocycles. The maximum absolute atomic E-state index is 13.7. The Labute approximate surface area is 223 Å². The summed E-state index contributed by atoms with van der Waals surface area (Å²) in [5, 5.41) is 1.95. The van der Waals surface area contributed by atoms with Gasteiger partial charge in [0.1, 0.15) is 11.6 Å². The molecule has 37 heavy (non-hydrogen) atoms. The number of halogens is 1. The molecule has 6 nitrogen and oxygen atoms in total. The van der Waals surface area contributed by atoms with E-state index in [0.717, 1.165) is 26.7 Å². The quantitative estimate of drug-likeness (QED) is 0.374. The number of aryl methyl sites for hydroxylation is 1. The third kappa shape index (κ3) is 5.31. The van der Waals surface area contributed by atoms with Gasteiger partial charge in [0, 0.05) is 29.8 Å². The average molecular weight is 547 g/mol. The summed E-state index contributed by atoms with van der Waals surface area (Å²) in [5.74, 6) is -0.790. The fourth-order valence-corrected chi connectivity index (χ4v) is 9.01. The predicted octanol–water partition coefficient (Wildman–Crippen LogP) is 4.94. The summed E-state index contributed by atoms with van der Waals surface area (Å²) in [4.78, 5) is 29.2. The van der Waals surface area contributed by atoms with E-state index in [0.29, 0.717) is 19.4 Å². The molecule has 2 fully saturated rings. The molecule has 2 aromatic rings. The Balaban J connectivity index is 1.58. The molecule has 1 aromatic carbocycles. The highest BCUT2D eigenvalue weighted by Crippen LogP contribution is 2.64. The van der Waals surface area contributed by atoms with Gasteiger partial charge in [-0.05, 0) is 65.8 Å². The van der Waals surface area contributed by atoms with Crippen molar-refractivity contribution < 1.29 is 22.4 Å². The number of Topliss-reactive ketones (excluding diaryl/α,β-unsaturated/α-hetero) is 1. The van der Waals surface area contributed by atoms with Gasteiger partial charge < -0.3 is 4.90 Å². The second-order valence-corrected chi connectivity index (χ2v) is 13.9. The number of ketones is 1. The van der Waals surface area contributed by atoms with Crippen LogP contribution in [-0.4, -0.2) is 48.2 Å². The number of carbonyl (C=O) groups excluding carboxylic acids is 2. The highest BCUT2D eigenvalue weighted by molar-refractivity contribution is 7.89. The van der Waals surface area contributed by atoms with E-state index in [1.54, 1.807) is 17.0 Å². The highest BCUT2D eigenvalue weighted by atomic mass is 32.2. The summed E-state index contributed by atoms with van der Waals surface area (Å²) in [7, 11) is -3.95. The SMILES string of the molecule is C=CCN(CC(=O)N(Cc1ccc(F)cc1)Cc1sccc1C)S(=O)(=O)CC12CCC(CC1=O)C2(C)C. The molecule has 2 aliphatic rings. The van der Waals surface area contributed by atoms with Gasteiger partial charge in [-0.2, -0.15) is 4.31 Å². The largest absolute Gasteiger partial charge is 0.332 e. The normalized spacial score (nSPS) is 22.5. The summed E-state index contributed by atoms with van der Waals surface area (Å²) in [6.07, 6.45) is 3.30. The van der Waals surface area contributed by atoms with E-state index in [2.05, 4.69) is 6.58 Å². The van der Waals surface area contributed by atoms with Crippen LogP contribution in [0.15, 0.2) is 48.4 Å². The van der Waals surface area contributed by atoms with Crippen molar-refractivity contribution >= 4 is 33.1 Å². The lowest BCUT2D eigenvalue weighted by atomic mass is 9.70. The number of fused-ring (bicyclic) bond motifs is 2. The maximum Gasteiger partial charge on any atom is 0.238 e. The van der Waals surface area contributed by atoms with Gasteiger partial charge in [-0.3, -0.25) is 9.59 Å². The molecular formula is C28H35FN2O4S2. The number of benzene rings is 1. The molecule has 2 aliphatic carbocycles. The Morgan fingerprint density at radius 1 is 1.22 bits per heavy atom. The first-order chi connectivity index (χ1) is 17.4. The number of thiophene rings is 1. The molecular weight excluding hydrogens is 511 g/mol. The third-order valence-electron chi connectivity index (χ3n) is 8.55. The number of rotatable bonds is 11.